The fraction of sp³-hybridized carbons (Fsp3) is 0.364. The fourth-order valence-electron chi connectivity index (χ4n) is 3.48. The van der Waals surface area contributed by atoms with E-state index in [1.807, 2.05) is 29.2 Å². The van der Waals surface area contributed by atoms with Gasteiger partial charge >= 0.3 is 0 Å². The van der Waals surface area contributed by atoms with Gasteiger partial charge in [0.15, 0.2) is 0 Å². The number of hydrogen-bond acceptors (Lipinski definition) is 2. The van der Waals surface area contributed by atoms with Crippen molar-refractivity contribution in [2.75, 3.05) is 19.6 Å². The van der Waals surface area contributed by atoms with Crippen molar-refractivity contribution in [1.29, 1.82) is 0 Å². The maximum Gasteiger partial charge on any atom is 0.251 e. The van der Waals surface area contributed by atoms with Crippen molar-refractivity contribution in [3.63, 3.8) is 0 Å². The minimum absolute atomic E-state index is 0.0817. The van der Waals surface area contributed by atoms with E-state index in [0.717, 1.165) is 25.9 Å². The molecule has 0 aromatic heterocycles. The lowest BCUT2D eigenvalue weighted by Gasteiger charge is -2.32. The van der Waals surface area contributed by atoms with Crippen LogP contribution in [0.2, 0.25) is 0 Å². The summed E-state index contributed by atoms with van der Waals surface area (Å²) in [6, 6.07) is 19.7. The molecule has 0 unspecified atom stereocenters. The molecule has 3 rings (SSSR count). The number of hydrogen-bond donors (Lipinski definition) is 1. The number of nitrogens with one attached hydrogen (secondary N) is 1. The van der Waals surface area contributed by atoms with E-state index >= 15 is 0 Å². The number of carbonyl (C=O) groups excluding carboxylic acids is 2. The highest BCUT2D eigenvalue weighted by atomic mass is 16.2. The summed E-state index contributed by atoms with van der Waals surface area (Å²) >= 11 is 0. The summed E-state index contributed by atoms with van der Waals surface area (Å²) in [4.78, 5) is 26.3. The number of likely N-dealkylation sites (tertiary alicyclic amines) is 1. The molecule has 0 atom stereocenters. The normalized spacial score (nSPS) is 14.8. The largest absolute Gasteiger partial charge is 0.352 e. The van der Waals surface area contributed by atoms with Crippen LogP contribution in [0.1, 0.15) is 47.5 Å². The minimum atomic E-state index is -0.0817. The van der Waals surface area contributed by atoms with E-state index < -0.39 is 0 Å². The van der Waals surface area contributed by atoms with Gasteiger partial charge in [-0.1, -0.05) is 48.5 Å². The lowest BCUT2D eigenvalue weighted by Crippen LogP contribution is -2.38. The third-order valence-electron chi connectivity index (χ3n) is 5.01. The van der Waals surface area contributed by atoms with Crippen molar-refractivity contribution in [3.8, 4) is 0 Å². The molecular weight excluding hydrogens is 324 g/mol. The number of amides is 2. The van der Waals surface area contributed by atoms with Crippen LogP contribution in [0, 0.1) is 0 Å². The van der Waals surface area contributed by atoms with Gasteiger partial charge in [-0.05, 0) is 42.9 Å². The van der Waals surface area contributed by atoms with Crippen LogP contribution >= 0.6 is 0 Å². The van der Waals surface area contributed by atoms with Gasteiger partial charge in [-0.15, -0.1) is 0 Å². The van der Waals surface area contributed by atoms with Crippen molar-refractivity contribution in [2.24, 2.45) is 0 Å². The maximum absolute atomic E-state index is 12.4. The maximum atomic E-state index is 12.4. The van der Waals surface area contributed by atoms with Crippen molar-refractivity contribution in [1.82, 2.24) is 10.2 Å². The number of piperidine rings is 1. The van der Waals surface area contributed by atoms with E-state index in [4.69, 9.17) is 0 Å². The molecular formula is C22H26N2O2. The van der Waals surface area contributed by atoms with Crippen LogP contribution in [0.3, 0.4) is 0 Å². The number of benzene rings is 2. The molecule has 136 valence electrons. The molecule has 2 amide bonds. The summed E-state index contributed by atoms with van der Waals surface area (Å²) in [6.45, 7) is 2.18. The monoisotopic (exact) mass is 350 g/mol. The molecule has 2 aromatic rings. The summed E-state index contributed by atoms with van der Waals surface area (Å²) in [5.74, 6) is 0.678. The quantitative estimate of drug-likeness (QED) is 0.809. The van der Waals surface area contributed by atoms with E-state index in [1.165, 1.54) is 5.56 Å². The Balaban J connectivity index is 1.35. The molecule has 0 radical (unpaired) electrons. The van der Waals surface area contributed by atoms with Gasteiger partial charge in [-0.3, -0.25) is 9.59 Å². The van der Waals surface area contributed by atoms with Gasteiger partial charge in [0.2, 0.25) is 5.91 Å². The van der Waals surface area contributed by atoms with Gasteiger partial charge in [-0.25, -0.2) is 0 Å². The Morgan fingerprint density at radius 1 is 0.923 bits per heavy atom. The highest BCUT2D eigenvalue weighted by molar-refractivity contribution is 5.94. The van der Waals surface area contributed by atoms with Crippen LogP contribution in [0.4, 0.5) is 0 Å². The average molecular weight is 350 g/mol. The first kappa shape index (κ1) is 18.2. The van der Waals surface area contributed by atoms with Gasteiger partial charge in [0, 0.05) is 31.6 Å². The lowest BCUT2D eigenvalue weighted by molar-refractivity contribution is -0.132. The molecule has 0 spiro atoms. The van der Waals surface area contributed by atoms with Gasteiger partial charge in [0.1, 0.15) is 0 Å². The third kappa shape index (κ3) is 4.94. The van der Waals surface area contributed by atoms with Crippen LogP contribution in [0.5, 0.6) is 0 Å². The second-order valence-corrected chi connectivity index (χ2v) is 6.79. The molecule has 0 saturated carbocycles. The number of rotatable bonds is 6. The Labute approximate surface area is 155 Å². The second kappa shape index (κ2) is 9.18. The average Bonchev–Trinajstić information content (AvgIpc) is 2.72. The van der Waals surface area contributed by atoms with Gasteiger partial charge in [0.25, 0.3) is 5.91 Å². The predicted octanol–water partition coefficient (Wildman–Crippen LogP) is 3.60. The molecule has 1 N–H and O–H groups in total. The predicted molar refractivity (Wildman–Crippen MR) is 103 cm³/mol. The van der Waals surface area contributed by atoms with Crippen molar-refractivity contribution < 1.29 is 9.59 Å². The Morgan fingerprint density at radius 3 is 2.19 bits per heavy atom. The van der Waals surface area contributed by atoms with Crippen molar-refractivity contribution >= 4 is 11.8 Å². The molecule has 1 aliphatic rings. The number of carbonyl (C=O) groups is 2. The Kier molecular flexibility index (Phi) is 6.42. The van der Waals surface area contributed by atoms with E-state index in [-0.39, 0.29) is 11.8 Å². The van der Waals surface area contributed by atoms with Crippen LogP contribution in [0.25, 0.3) is 0 Å². The van der Waals surface area contributed by atoms with Gasteiger partial charge in [-0.2, -0.15) is 0 Å². The summed E-state index contributed by atoms with van der Waals surface area (Å²) < 4.78 is 0. The van der Waals surface area contributed by atoms with Gasteiger partial charge in [0.05, 0.1) is 0 Å². The smallest absolute Gasteiger partial charge is 0.251 e. The summed E-state index contributed by atoms with van der Waals surface area (Å²) in [6.07, 6.45) is 3.22. The molecule has 1 aliphatic heterocycles. The molecule has 0 aliphatic carbocycles. The number of nitrogens with zero attached hydrogens (tertiary/aromatic N) is 1. The summed E-state index contributed by atoms with van der Waals surface area (Å²) in [5.41, 5.74) is 2.03. The van der Waals surface area contributed by atoms with Crippen LogP contribution in [-0.4, -0.2) is 36.3 Å². The van der Waals surface area contributed by atoms with Crippen molar-refractivity contribution in [3.05, 3.63) is 71.8 Å². The second-order valence-electron chi connectivity index (χ2n) is 6.79. The molecule has 1 saturated heterocycles. The Bertz CT molecular complexity index is 707. The third-order valence-corrected chi connectivity index (χ3v) is 5.01. The highest BCUT2D eigenvalue weighted by Gasteiger charge is 2.23. The molecule has 1 fully saturated rings. The summed E-state index contributed by atoms with van der Waals surface area (Å²) in [7, 11) is 0. The van der Waals surface area contributed by atoms with Crippen molar-refractivity contribution in [2.45, 2.75) is 31.6 Å². The zero-order valence-corrected chi connectivity index (χ0v) is 15.1. The van der Waals surface area contributed by atoms with Gasteiger partial charge < -0.3 is 10.2 Å². The van der Waals surface area contributed by atoms with Crippen LogP contribution < -0.4 is 5.32 Å². The highest BCUT2D eigenvalue weighted by Crippen LogP contribution is 2.27. The molecule has 1 heterocycles. The van der Waals surface area contributed by atoms with E-state index in [1.54, 1.807) is 12.1 Å². The molecule has 26 heavy (non-hydrogen) atoms. The van der Waals surface area contributed by atoms with E-state index in [9.17, 15) is 9.59 Å². The molecule has 4 nitrogen and oxygen atoms in total. The summed E-state index contributed by atoms with van der Waals surface area (Å²) in [5, 5.41) is 2.88. The molecule has 0 bridgehead atoms. The minimum Gasteiger partial charge on any atom is -0.352 e. The van der Waals surface area contributed by atoms with E-state index in [2.05, 4.69) is 29.6 Å². The zero-order valence-electron chi connectivity index (χ0n) is 15.1. The fourth-order valence-corrected chi connectivity index (χ4v) is 3.48. The first-order valence-corrected chi connectivity index (χ1v) is 9.40. The van der Waals surface area contributed by atoms with E-state index in [0.29, 0.717) is 30.9 Å². The lowest BCUT2D eigenvalue weighted by atomic mass is 9.89. The molecule has 2 aromatic carbocycles. The first-order chi connectivity index (χ1) is 12.7. The Hall–Kier alpha value is -2.62. The topological polar surface area (TPSA) is 49.4 Å². The Morgan fingerprint density at radius 2 is 1.54 bits per heavy atom. The first-order valence-electron chi connectivity index (χ1n) is 9.40. The SMILES string of the molecule is O=C(NCCCC(=O)N1CCC(c2ccccc2)CC1)c1ccccc1. The van der Waals surface area contributed by atoms with Crippen LogP contribution in [0.15, 0.2) is 60.7 Å². The standard InChI is InChI=1S/C22H26N2O2/c25-21(12-7-15-23-22(26)20-10-5-2-6-11-20)24-16-13-19(14-17-24)18-8-3-1-4-9-18/h1-6,8-11,19H,7,12-17H2,(H,23,26). The van der Waals surface area contributed by atoms with Crippen LogP contribution in [-0.2, 0) is 4.79 Å². The molecule has 4 heteroatoms. The zero-order chi connectivity index (χ0) is 18.2.